The highest BCUT2D eigenvalue weighted by atomic mass is 32.2. The van der Waals surface area contributed by atoms with Gasteiger partial charge in [-0.15, -0.1) is 0 Å². The van der Waals surface area contributed by atoms with Crippen LogP contribution >= 0.6 is 0 Å². The fourth-order valence-electron chi connectivity index (χ4n) is 3.31. The molecule has 3 N–H and O–H groups in total. The van der Waals surface area contributed by atoms with E-state index < -0.39 is 10.0 Å². The van der Waals surface area contributed by atoms with E-state index in [4.69, 9.17) is 9.47 Å². The Kier molecular flexibility index (Phi) is 6.47. The zero-order valence-corrected chi connectivity index (χ0v) is 18.4. The summed E-state index contributed by atoms with van der Waals surface area (Å²) in [6.07, 6.45) is 0.854. The van der Waals surface area contributed by atoms with Crippen LogP contribution in [-0.2, 0) is 21.4 Å². The standard InChI is InChI=1S/C21H25N5O5S/c1-15(27)24-17-4-6-18(7-5-17)32(28,29)25-21-22-13-26(14-23-21)12-16-3-8-19-20(11-16)31-10-2-9-30-19/h3-8,11H,2,9-10,12-14H2,1H3,(H,24,27)(H2,22,23,25). The first-order valence-corrected chi connectivity index (χ1v) is 11.7. The number of sulfonamides is 1. The van der Waals surface area contributed by atoms with Crippen molar-refractivity contribution < 1.29 is 22.7 Å². The highest BCUT2D eigenvalue weighted by Crippen LogP contribution is 2.30. The maximum Gasteiger partial charge on any atom is 0.264 e. The molecule has 0 aliphatic carbocycles. The normalized spacial score (nSPS) is 16.3. The molecule has 0 fully saturated rings. The van der Waals surface area contributed by atoms with Gasteiger partial charge in [-0.3, -0.25) is 9.69 Å². The molecule has 0 atom stereocenters. The van der Waals surface area contributed by atoms with Crippen molar-refractivity contribution in [1.29, 1.82) is 0 Å². The van der Waals surface area contributed by atoms with Crippen molar-refractivity contribution in [3.63, 3.8) is 0 Å². The Morgan fingerprint density at radius 1 is 1.12 bits per heavy atom. The largest absolute Gasteiger partial charge is 0.490 e. The maximum atomic E-state index is 12.6. The Bertz CT molecular complexity index is 1120. The predicted octanol–water partition coefficient (Wildman–Crippen LogP) is 1.46. The lowest BCUT2D eigenvalue weighted by Crippen LogP contribution is -2.49. The van der Waals surface area contributed by atoms with Gasteiger partial charge in [0, 0.05) is 25.6 Å². The highest BCUT2D eigenvalue weighted by molar-refractivity contribution is 7.90. The third kappa shape index (κ3) is 5.48. The summed E-state index contributed by atoms with van der Waals surface area (Å²) in [6.45, 7) is 4.05. The Hall–Kier alpha value is -3.31. The molecule has 4 rings (SSSR count). The van der Waals surface area contributed by atoms with Gasteiger partial charge in [-0.05, 0) is 42.0 Å². The van der Waals surface area contributed by atoms with Crippen molar-refractivity contribution in [2.45, 2.75) is 24.8 Å². The van der Waals surface area contributed by atoms with Crippen LogP contribution < -0.4 is 24.8 Å². The number of nitrogens with one attached hydrogen (secondary N) is 3. The molecule has 170 valence electrons. The molecule has 0 bridgehead atoms. The smallest absolute Gasteiger partial charge is 0.264 e. The zero-order chi connectivity index (χ0) is 22.6. The first-order chi connectivity index (χ1) is 15.4. The van der Waals surface area contributed by atoms with Crippen LogP contribution in [0.15, 0.2) is 52.4 Å². The lowest BCUT2D eigenvalue weighted by Gasteiger charge is -2.27. The van der Waals surface area contributed by atoms with Crippen LogP contribution in [0.3, 0.4) is 0 Å². The van der Waals surface area contributed by atoms with E-state index in [-0.39, 0.29) is 16.8 Å². The summed E-state index contributed by atoms with van der Waals surface area (Å²) in [7, 11) is -3.80. The summed E-state index contributed by atoms with van der Waals surface area (Å²) in [4.78, 5) is 17.5. The molecule has 0 saturated carbocycles. The summed E-state index contributed by atoms with van der Waals surface area (Å²) in [5.74, 6) is 1.45. The van der Waals surface area contributed by atoms with Gasteiger partial charge in [-0.1, -0.05) is 6.07 Å². The van der Waals surface area contributed by atoms with E-state index in [1.165, 1.54) is 31.2 Å². The third-order valence-electron chi connectivity index (χ3n) is 4.83. The van der Waals surface area contributed by atoms with Crippen molar-refractivity contribution in [2.75, 3.05) is 31.9 Å². The molecule has 2 aliphatic rings. The molecular weight excluding hydrogens is 434 g/mol. The SMILES string of the molecule is CC(=O)Nc1ccc(S(=O)(=O)NC2=NCN(Cc3ccc4c(c3)OCCCO4)CN2)cc1. The Morgan fingerprint density at radius 2 is 1.88 bits per heavy atom. The monoisotopic (exact) mass is 459 g/mol. The van der Waals surface area contributed by atoms with Crippen LogP contribution in [0, 0.1) is 0 Å². The number of nitrogens with zero attached hydrogens (tertiary/aromatic N) is 2. The van der Waals surface area contributed by atoms with Crippen molar-refractivity contribution in [3.8, 4) is 11.5 Å². The Labute approximate surface area is 186 Å². The Balaban J connectivity index is 1.35. The van der Waals surface area contributed by atoms with E-state index in [1.807, 2.05) is 23.1 Å². The second-order valence-electron chi connectivity index (χ2n) is 7.45. The van der Waals surface area contributed by atoms with Gasteiger partial charge in [0.25, 0.3) is 10.0 Å². The summed E-state index contributed by atoms with van der Waals surface area (Å²) in [5, 5.41) is 5.60. The maximum absolute atomic E-state index is 12.6. The Morgan fingerprint density at radius 3 is 2.56 bits per heavy atom. The van der Waals surface area contributed by atoms with Crippen molar-refractivity contribution >= 4 is 27.6 Å². The van der Waals surface area contributed by atoms with Crippen LogP contribution in [0.1, 0.15) is 18.9 Å². The fraction of sp³-hybridized carbons (Fsp3) is 0.333. The zero-order valence-electron chi connectivity index (χ0n) is 17.6. The van der Waals surface area contributed by atoms with Crippen LogP contribution in [0.5, 0.6) is 11.5 Å². The van der Waals surface area contributed by atoms with Crippen molar-refractivity contribution in [1.82, 2.24) is 14.9 Å². The average Bonchev–Trinajstić information content (AvgIpc) is 3.00. The molecule has 0 radical (unpaired) electrons. The number of rotatable bonds is 5. The van der Waals surface area contributed by atoms with Crippen LogP contribution in [0.2, 0.25) is 0 Å². The molecule has 0 spiro atoms. The second-order valence-corrected chi connectivity index (χ2v) is 9.14. The molecule has 2 aliphatic heterocycles. The molecule has 2 heterocycles. The molecule has 1 amide bonds. The van der Waals surface area contributed by atoms with Gasteiger partial charge in [0.2, 0.25) is 11.9 Å². The first-order valence-electron chi connectivity index (χ1n) is 10.2. The number of guanidine groups is 1. The number of ether oxygens (including phenoxy) is 2. The minimum absolute atomic E-state index is 0.0747. The van der Waals surface area contributed by atoms with Gasteiger partial charge in [0.15, 0.2) is 11.5 Å². The third-order valence-corrected chi connectivity index (χ3v) is 6.19. The first kappa shape index (κ1) is 21.9. The molecule has 0 saturated heterocycles. The summed E-state index contributed by atoms with van der Waals surface area (Å²) >= 11 is 0. The topological polar surface area (TPSA) is 121 Å². The number of carbonyl (C=O) groups is 1. The predicted molar refractivity (Wildman–Crippen MR) is 119 cm³/mol. The minimum Gasteiger partial charge on any atom is -0.490 e. The lowest BCUT2D eigenvalue weighted by atomic mass is 10.2. The molecule has 11 heteroatoms. The second kappa shape index (κ2) is 9.45. The van der Waals surface area contributed by atoms with E-state index in [0.29, 0.717) is 38.8 Å². The molecule has 0 aromatic heterocycles. The highest BCUT2D eigenvalue weighted by Gasteiger charge is 2.20. The van der Waals surface area contributed by atoms with Gasteiger partial charge in [-0.2, -0.15) is 0 Å². The number of amides is 1. The van der Waals surface area contributed by atoms with E-state index >= 15 is 0 Å². The molecular formula is C21H25N5O5S. The molecule has 32 heavy (non-hydrogen) atoms. The summed E-state index contributed by atoms with van der Waals surface area (Å²) in [6, 6.07) is 11.8. The van der Waals surface area contributed by atoms with E-state index in [9.17, 15) is 13.2 Å². The number of hydrogen-bond acceptors (Lipinski definition) is 8. The van der Waals surface area contributed by atoms with Gasteiger partial charge in [0.1, 0.15) is 0 Å². The fourth-order valence-corrected chi connectivity index (χ4v) is 4.31. The minimum atomic E-state index is -3.80. The quantitative estimate of drug-likeness (QED) is 0.619. The van der Waals surface area contributed by atoms with E-state index in [2.05, 4.69) is 20.3 Å². The van der Waals surface area contributed by atoms with E-state index in [1.54, 1.807) is 0 Å². The van der Waals surface area contributed by atoms with Crippen molar-refractivity contribution in [2.24, 2.45) is 4.99 Å². The average molecular weight is 460 g/mol. The molecule has 10 nitrogen and oxygen atoms in total. The van der Waals surface area contributed by atoms with E-state index in [0.717, 1.165) is 23.5 Å². The van der Waals surface area contributed by atoms with Crippen molar-refractivity contribution in [3.05, 3.63) is 48.0 Å². The molecule has 2 aromatic rings. The number of carbonyl (C=O) groups excluding carboxylic acids is 1. The number of fused-ring (bicyclic) bond motifs is 1. The van der Waals surface area contributed by atoms with Gasteiger partial charge < -0.3 is 20.1 Å². The molecule has 0 unspecified atom stereocenters. The number of aliphatic imine (C=N–C) groups is 1. The van der Waals surface area contributed by atoms with Gasteiger partial charge >= 0.3 is 0 Å². The van der Waals surface area contributed by atoms with Crippen LogP contribution in [-0.4, -0.2) is 51.7 Å². The number of hydrogen-bond donors (Lipinski definition) is 3. The van der Waals surface area contributed by atoms with Crippen LogP contribution in [0.4, 0.5) is 5.69 Å². The lowest BCUT2D eigenvalue weighted by molar-refractivity contribution is -0.114. The van der Waals surface area contributed by atoms with Gasteiger partial charge in [0.05, 0.1) is 31.4 Å². The van der Waals surface area contributed by atoms with Crippen LogP contribution in [0.25, 0.3) is 0 Å². The number of anilines is 1. The summed E-state index contributed by atoms with van der Waals surface area (Å²) in [5.41, 5.74) is 1.57. The summed E-state index contributed by atoms with van der Waals surface area (Å²) < 4.78 is 39.1. The number of benzene rings is 2. The molecule has 2 aromatic carbocycles. The van der Waals surface area contributed by atoms with Gasteiger partial charge in [-0.25, -0.2) is 18.1 Å².